The second kappa shape index (κ2) is 4.65. The summed E-state index contributed by atoms with van der Waals surface area (Å²) in [6, 6.07) is 3.18. The molecular weight excluding hydrogens is 243 g/mol. The zero-order valence-electron chi connectivity index (χ0n) is 11.8. The van der Waals surface area contributed by atoms with Gasteiger partial charge in [0.05, 0.1) is 5.56 Å². The van der Waals surface area contributed by atoms with E-state index in [1.807, 2.05) is 13.8 Å². The fourth-order valence-electron chi connectivity index (χ4n) is 2.35. The number of hydrogen-bond acceptors (Lipinski definition) is 2. The average molecular weight is 260 g/mol. The molecule has 1 aromatic heterocycles. The third-order valence-corrected chi connectivity index (χ3v) is 3.49. The zero-order chi connectivity index (χ0) is 14.3. The number of ketones is 1. The maximum atomic E-state index is 13.6. The lowest BCUT2D eigenvalue weighted by molar-refractivity contribution is 0.103. The third kappa shape index (κ3) is 2.21. The van der Waals surface area contributed by atoms with E-state index in [0.29, 0.717) is 28.0 Å². The molecule has 100 valence electrons. The first-order valence-electron chi connectivity index (χ1n) is 6.21. The molecule has 1 heterocycles. The summed E-state index contributed by atoms with van der Waals surface area (Å²) < 4.78 is 19.1. The Morgan fingerprint density at radius 3 is 1.95 bits per heavy atom. The Balaban J connectivity index is 2.56. The van der Waals surface area contributed by atoms with Crippen molar-refractivity contribution < 1.29 is 13.6 Å². The van der Waals surface area contributed by atoms with Gasteiger partial charge >= 0.3 is 0 Å². The van der Waals surface area contributed by atoms with E-state index in [1.54, 1.807) is 32.9 Å². The third-order valence-electron chi connectivity index (χ3n) is 3.49. The van der Waals surface area contributed by atoms with Gasteiger partial charge in [0.15, 0.2) is 5.78 Å². The number of carbonyl (C=O) groups excluding carboxylic acids is 1. The molecule has 0 aliphatic carbocycles. The summed E-state index contributed by atoms with van der Waals surface area (Å²) in [6.07, 6.45) is 0. The lowest BCUT2D eigenvalue weighted by Gasteiger charge is -2.06. The van der Waals surface area contributed by atoms with Crippen molar-refractivity contribution in [2.75, 3.05) is 0 Å². The van der Waals surface area contributed by atoms with Crippen LogP contribution in [0.15, 0.2) is 16.5 Å². The minimum Gasteiger partial charge on any atom is -0.466 e. The van der Waals surface area contributed by atoms with Gasteiger partial charge in [-0.3, -0.25) is 4.79 Å². The Bertz CT molecular complexity index is 643. The van der Waals surface area contributed by atoms with Crippen LogP contribution in [0.4, 0.5) is 4.39 Å². The highest BCUT2D eigenvalue weighted by atomic mass is 19.1. The van der Waals surface area contributed by atoms with Gasteiger partial charge in [-0.2, -0.15) is 0 Å². The Hall–Kier alpha value is -1.90. The van der Waals surface area contributed by atoms with Crippen LogP contribution in [0, 0.1) is 40.4 Å². The largest absolute Gasteiger partial charge is 0.466 e. The van der Waals surface area contributed by atoms with Gasteiger partial charge in [-0.25, -0.2) is 4.39 Å². The predicted molar refractivity (Wildman–Crippen MR) is 72.2 cm³/mol. The molecule has 19 heavy (non-hydrogen) atoms. The molecule has 0 unspecified atom stereocenters. The molecule has 0 amide bonds. The molecular formula is C16H17FO2. The number of carbonyl (C=O) groups is 1. The highest BCUT2D eigenvalue weighted by Crippen LogP contribution is 2.25. The van der Waals surface area contributed by atoms with Crippen LogP contribution < -0.4 is 0 Å². The first-order valence-corrected chi connectivity index (χ1v) is 6.21. The van der Waals surface area contributed by atoms with E-state index in [0.717, 1.165) is 11.3 Å². The van der Waals surface area contributed by atoms with Crippen LogP contribution in [-0.4, -0.2) is 5.78 Å². The van der Waals surface area contributed by atoms with Crippen molar-refractivity contribution in [3.05, 3.63) is 57.3 Å². The van der Waals surface area contributed by atoms with Gasteiger partial charge in [-0.05, 0) is 57.9 Å². The molecule has 0 atom stereocenters. The van der Waals surface area contributed by atoms with Gasteiger partial charge in [-0.15, -0.1) is 0 Å². The van der Waals surface area contributed by atoms with Crippen LogP contribution in [0.2, 0.25) is 0 Å². The molecule has 0 radical (unpaired) electrons. The molecule has 0 aliphatic heterocycles. The van der Waals surface area contributed by atoms with E-state index in [1.165, 1.54) is 0 Å². The number of halogens is 1. The molecule has 3 heteroatoms. The van der Waals surface area contributed by atoms with Gasteiger partial charge < -0.3 is 4.42 Å². The molecule has 0 saturated carbocycles. The first kappa shape index (κ1) is 13.5. The molecule has 0 N–H and O–H groups in total. The van der Waals surface area contributed by atoms with E-state index in [2.05, 4.69) is 0 Å². The number of aryl methyl sites for hydroxylation is 4. The Kier molecular flexibility index (Phi) is 3.31. The summed E-state index contributed by atoms with van der Waals surface area (Å²) in [5.74, 6) is 0.988. The molecule has 1 aromatic carbocycles. The topological polar surface area (TPSA) is 30.2 Å². The lowest BCUT2D eigenvalue weighted by atomic mass is 9.96. The minimum atomic E-state index is -0.256. The van der Waals surface area contributed by atoms with E-state index in [9.17, 15) is 9.18 Å². The van der Waals surface area contributed by atoms with Gasteiger partial charge in [0, 0.05) is 11.1 Å². The number of benzene rings is 1. The van der Waals surface area contributed by atoms with E-state index in [-0.39, 0.29) is 11.6 Å². The summed E-state index contributed by atoms with van der Waals surface area (Å²) >= 11 is 0. The van der Waals surface area contributed by atoms with Crippen molar-refractivity contribution in [1.29, 1.82) is 0 Å². The summed E-state index contributed by atoms with van der Waals surface area (Å²) in [6.45, 7) is 8.80. The van der Waals surface area contributed by atoms with Crippen molar-refractivity contribution in [3.8, 4) is 0 Å². The molecule has 2 aromatic rings. The molecule has 0 saturated heterocycles. The molecule has 2 rings (SSSR count). The van der Waals surface area contributed by atoms with Crippen molar-refractivity contribution in [2.24, 2.45) is 0 Å². The van der Waals surface area contributed by atoms with Gasteiger partial charge in [0.1, 0.15) is 17.3 Å². The van der Waals surface area contributed by atoms with Crippen molar-refractivity contribution in [3.63, 3.8) is 0 Å². The Morgan fingerprint density at radius 2 is 1.53 bits per heavy atom. The Labute approximate surface area is 112 Å². The van der Waals surface area contributed by atoms with Crippen molar-refractivity contribution >= 4 is 5.78 Å². The molecule has 0 spiro atoms. The second-order valence-corrected chi connectivity index (χ2v) is 4.97. The van der Waals surface area contributed by atoms with Crippen molar-refractivity contribution in [1.82, 2.24) is 0 Å². The monoisotopic (exact) mass is 260 g/mol. The molecule has 0 aliphatic rings. The highest BCUT2D eigenvalue weighted by molar-refractivity contribution is 6.10. The quantitative estimate of drug-likeness (QED) is 0.758. The van der Waals surface area contributed by atoms with E-state index in [4.69, 9.17) is 4.42 Å². The number of hydrogen-bond donors (Lipinski definition) is 0. The highest BCUT2D eigenvalue weighted by Gasteiger charge is 2.21. The first-order chi connectivity index (χ1) is 8.82. The van der Waals surface area contributed by atoms with Crippen LogP contribution in [-0.2, 0) is 0 Å². The van der Waals surface area contributed by atoms with Gasteiger partial charge in [0.25, 0.3) is 0 Å². The van der Waals surface area contributed by atoms with E-state index < -0.39 is 0 Å². The molecule has 2 nitrogen and oxygen atoms in total. The summed E-state index contributed by atoms with van der Waals surface area (Å²) in [5, 5.41) is 0. The van der Waals surface area contributed by atoms with Crippen LogP contribution in [0.1, 0.15) is 44.1 Å². The standard InChI is InChI=1S/C16H17FO2/c1-8-6-13(7-9(2)15(8)17)16(18)14-10(3)11(4)19-12(14)5/h6-7H,1-5H3. The van der Waals surface area contributed by atoms with Gasteiger partial charge in [0.2, 0.25) is 0 Å². The molecule has 0 bridgehead atoms. The van der Waals surface area contributed by atoms with Crippen LogP contribution >= 0.6 is 0 Å². The number of rotatable bonds is 2. The second-order valence-electron chi connectivity index (χ2n) is 4.97. The van der Waals surface area contributed by atoms with Crippen molar-refractivity contribution in [2.45, 2.75) is 34.6 Å². The maximum absolute atomic E-state index is 13.6. The fourth-order valence-corrected chi connectivity index (χ4v) is 2.35. The van der Waals surface area contributed by atoms with Crippen LogP contribution in [0.25, 0.3) is 0 Å². The average Bonchev–Trinajstić information content (AvgIpc) is 2.59. The lowest BCUT2D eigenvalue weighted by Crippen LogP contribution is -2.05. The molecule has 0 fully saturated rings. The van der Waals surface area contributed by atoms with E-state index >= 15 is 0 Å². The normalized spacial score (nSPS) is 10.8. The summed E-state index contributed by atoms with van der Waals surface area (Å²) in [4.78, 5) is 12.5. The zero-order valence-corrected chi connectivity index (χ0v) is 11.8. The Morgan fingerprint density at radius 1 is 1.00 bits per heavy atom. The smallest absolute Gasteiger partial charge is 0.196 e. The minimum absolute atomic E-state index is 0.113. The fraction of sp³-hybridized carbons (Fsp3) is 0.312. The summed E-state index contributed by atoms with van der Waals surface area (Å²) in [7, 11) is 0. The van der Waals surface area contributed by atoms with Crippen LogP contribution in [0.5, 0.6) is 0 Å². The predicted octanol–water partition coefficient (Wildman–Crippen LogP) is 4.19. The van der Waals surface area contributed by atoms with Gasteiger partial charge in [-0.1, -0.05) is 0 Å². The summed E-state index contributed by atoms with van der Waals surface area (Å²) in [5.41, 5.74) is 2.91. The SMILES string of the molecule is Cc1cc(C(=O)c2c(C)oc(C)c2C)cc(C)c1F. The van der Waals surface area contributed by atoms with Crippen LogP contribution in [0.3, 0.4) is 0 Å². The maximum Gasteiger partial charge on any atom is 0.196 e. The number of furan rings is 1.